The number of nitrogens with one attached hydrogen (secondary N) is 2. The fraction of sp³-hybridized carbons (Fsp3) is 0.300. The minimum atomic E-state index is -0.565. The first kappa shape index (κ1) is 19.3. The number of hydrogen-bond donors (Lipinski definition) is 2. The molecule has 0 spiro atoms. The van der Waals surface area contributed by atoms with Crippen LogP contribution in [0.3, 0.4) is 0 Å². The van der Waals surface area contributed by atoms with Crippen LogP contribution in [-0.4, -0.2) is 24.7 Å². The Hall–Kier alpha value is -3.02. The molecule has 0 atom stereocenters. The highest BCUT2D eigenvalue weighted by atomic mass is 16.6. The Kier molecular flexibility index (Phi) is 6.22. The minimum Gasteiger partial charge on any atom is -0.497 e. The van der Waals surface area contributed by atoms with Gasteiger partial charge in [0.15, 0.2) is 0 Å². The second-order valence-corrected chi connectivity index (χ2v) is 6.74. The molecule has 0 aliphatic rings. The second kappa shape index (κ2) is 8.38. The van der Waals surface area contributed by atoms with Crippen LogP contribution in [-0.2, 0) is 11.3 Å². The van der Waals surface area contributed by atoms with Crippen molar-refractivity contribution in [1.29, 1.82) is 0 Å². The zero-order valence-electron chi connectivity index (χ0n) is 15.5. The lowest BCUT2D eigenvalue weighted by atomic mass is 10.1. The van der Waals surface area contributed by atoms with Crippen LogP contribution in [0.1, 0.15) is 36.7 Å². The summed E-state index contributed by atoms with van der Waals surface area (Å²) in [7, 11) is 1.60. The molecule has 2 N–H and O–H groups in total. The van der Waals surface area contributed by atoms with Gasteiger partial charge in [0.2, 0.25) is 0 Å². The van der Waals surface area contributed by atoms with Crippen molar-refractivity contribution in [3.8, 4) is 5.75 Å². The van der Waals surface area contributed by atoms with Gasteiger partial charge in [0.05, 0.1) is 7.11 Å². The number of ether oxygens (including phenoxy) is 2. The van der Waals surface area contributed by atoms with Crippen LogP contribution in [0.2, 0.25) is 0 Å². The summed E-state index contributed by atoms with van der Waals surface area (Å²) in [5, 5.41) is 5.48. The molecule has 0 fully saturated rings. The number of hydrogen-bond acceptors (Lipinski definition) is 4. The van der Waals surface area contributed by atoms with Crippen LogP contribution in [0, 0.1) is 0 Å². The number of amides is 2. The normalized spacial score (nSPS) is 10.8. The number of rotatable bonds is 5. The van der Waals surface area contributed by atoms with Gasteiger partial charge in [0, 0.05) is 17.8 Å². The molecular formula is C20H24N2O4. The van der Waals surface area contributed by atoms with Crippen LogP contribution in [0.15, 0.2) is 48.5 Å². The Bertz CT molecular complexity index is 764. The summed E-state index contributed by atoms with van der Waals surface area (Å²) in [5.41, 5.74) is 1.44. The van der Waals surface area contributed by atoms with Crippen molar-refractivity contribution in [1.82, 2.24) is 5.32 Å². The SMILES string of the molecule is COc1cccc(CNC(=O)c2ccc(NC(=O)OC(C)(C)C)cc2)c1. The van der Waals surface area contributed by atoms with E-state index in [1.165, 1.54) is 0 Å². The molecule has 0 saturated carbocycles. The molecule has 2 aromatic carbocycles. The zero-order chi connectivity index (χ0) is 19.2. The third-order valence-electron chi connectivity index (χ3n) is 3.38. The summed E-state index contributed by atoms with van der Waals surface area (Å²) in [6.45, 7) is 5.78. The van der Waals surface area contributed by atoms with Gasteiger partial charge in [-0.2, -0.15) is 0 Å². The van der Waals surface area contributed by atoms with Gasteiger partial charge in [-0.1, -0.05) is 12.1 Å². The van der Waals surface area contributed by atoms with Crippen LogP contribution >= 0.6 is 0 Å². The van der Waals surface area contributed by atoms with Crippen molar-refractivity contribution in [3.05, 3.63) is 59.7 Å². The van der Waals surface area contributed by atoms with Crippen LogP contribution in [0.5, 0.6) is 5.75 Å². The third-order valence-corrected chi connectivity index (χ3v) is 3.38. The van der Waals surface area contributed by atoms with E-state index >= 15 is 0 Å². The highest BCUT2D eigenvalue weighted by molar-refractivity contribution is 5.95. The molecule has 0 aliphatic heterocycles. The highest BCUT2D eigenvalue weighted by Gasteiger charge is 2.16. The van der Waals surface area contributed by atoms with Crippen LogP contribution in [0.25, 0.3) is 0 Å². The van der Waals surface area contributed by atoms with E-state index in [1.54, 1.807) is 52.1 Å². The maximum Gasteiger partial charge on any atom is 0.412 e. The van der Waals surface area contributed by atoms with Crippen molar-refractivity contribution >= 4 is 17.7 Å². The smallest absolute Gasteiger partial charge is 0.412 e. The first-order chi connectivity index (χ1) is 12.3. The van der Waals surface area contributed by atoms with Crippen LogP contribution < -0.4 is 15.4 Å². The van der Waals surface area contributed by atoms with E-state index in [-0.39, 0.29) is 5.91 Å². The summed E-state index contributed by atoms with van der Waals surface area (Å²) in [5.74, 6) is 0.547. The average Bonchev–Trinajstić information content (AvgIpc) is 2.59. The summed E-state index contributed by atoms with van der Waals surface area (Å²) in [6, 6.07) is 14.1. The van der Waals surface area contributed by atoms with Crippen molar-refractivity contribution in [2.45, 2.75) is 32.9 Å². The highest BCUT2D eigenvalue weighted by Crippen LogP contribution is 2.14. The van der Waals surface area contributed by atoms with Gasteiger partial charge in [-0.25, -0.2) is 4.79 Å². The molecule has 26 heavy (non-hydrogen) atoms. The molecule has 0 saturated heterocycles. The molecule has 0 heterocycles. The maximum absolute atomic E-state index is 12.2. The number of benzene rings is 2. The molecule has 0 radical (unpaired) electrons. The molecule has 2 rings (SSSR count). The largest absolute Gasteiger partial charge is 0.497 e. The Morgan fingerprint density at radius 3 is 2.35 bits per heavy atom. The summed E-state index contributed by atoms with van der Waals surface area (Å²) in [6.07, 6.45) is -0.535. The topological polar surface area (TPSA) is 76.7 Å². The molecule has 6 heteroatoms. The number of anilines is 1. The Morgan fingerprint density at radius 2 is 1.73 bits per heavy atom. The van der Waals surface area contributed by atoms with Gasteiger partial charge in [-0.05, 0) is 62.7 Å². The fourth-order valence-corrected chi connectivity index (χ4v) is 2.19. The molecule has 6 nitrogen and oxygen atoms in total. The average molecular weight is 356 g/mol. The number of methoxy groups -OCH3 is 1. The van der Waals surface area contributed by atoms with Crippen molar-refractivity contribution < 1.29 is 19.1 Å². The van der Waals surface area contributed by atoms with Gasteiger partial charge in [-0.15, -0.1) is 0 Å². The molecule has 0 bridgehead atoms. The predicted octanol–water partition coefficient (Wildman–Crippen LogP) is 3.97. The van der Waals surface area contributed by atoms with Gasteiger partial charge < -0.3 is 14.8 Å². The van der Waals surface area contributed by atoms with Gasteiger partial charge in [0.1, 0.15) is 11.4 Å². The van der Waals surface area contributed by atoms with E-state index in [9.17, 15) is 9.59 Å². The van der Waals surface area contributed by atoms with E-state index < -0.39 is 11.7 Å². The third kappa shape index (κ3) is 6.12. The van der Waals surface area contributed by atoms with Crippen molar-refractivity contribution in [2.24, 2.45) is 0 Å². The molecular weight excluding hydrogens is 332 g/mol. The standard InChI is InChI=1S/C20H24N2O4/c1-20(2,3)26-19(24)22-16-10-8-15(9-11-16)18(23)21-13-14-6-5-7-17(12-14)25-4/h5-12H,13H2,1-4H3,(H,21,23)(H,22,24). The number of carbonyl (C=O) groups is 2. The quantitative estimate of drug-likeness (QED) is 0.850. The maximum atomic E-state index is 12.2. The van der Waals surface area contributed by atoms with E-state index in [1.807, 2.05) is 24.3 Å². The zero-order valence-corrected chi connectivity index (χ0v) is 15.5. The molecule has 138 valence electrons. The fourth-order valence-electron chi connectivity index (χ4n) is 2.19. The summed E-state index contributed by atoms with van der Waals surface area (Å²) >= 11 is 0. The first-order valence-corrected chi connectivity index (χ1v) is 8.28. The van der Waals surface area contributed by atoms with Gasteiger partial charge >= 0.3 is 6.09 Å². The molecule has 2 amide bonds. The summed E-state index contributed by atoms with van der Waals surface area (Å²) < 4.78 is 10.4. The van der Waals surface area contributed by atoms with Gasteiger partial charge in [-0.3, -0.25) is 10.1 Å². The molecule has 0 aromatic heterocycles. The Balaban J connectivity index is 1.90. The summed E-state index contributed by atoms with van der Waals surface area (Å²) in [4.78, 5) is 24.0. The first-order valence-electron chi connectivity index (χ1n) is 8.28. The van der Waals surface area contributed by atoms with Gasteiger partial charge in [0.25, 0.3) is 5.91 Å². The van der Waals surface area contributed by atoms with E-state index in [0.29, 0.717) is 17.8 Å². The molecule has 2 aromatic rings. The predicted molar refractivity (Wildman–Crippen MR) is 100 cm³/mol. The van der Waals surface area contributed by atoms with E-state index in [2.05, 4.69) is 10.6 Å². The second-order valence-electron chi connectivity index (χ2n) is 6.74. The Labute approximate surface area is 153 Å². The monoisotopic (exact) mass is 356 g/mol. The lowest BCUT2D eigenvalue weighted by Crippen LogP contribution is -2.27. The van der Waals surface area contributed by atoms with Crippen molar-refractivity contribution in [3.63, 3.8) is 0 Å². The lowest BCUT2D eigenvalue weighted by Gasteiger charge is -2.19. The van der Waals surface area contributed by atoms with E-state index in [4.69, 9.17) is 9.47 Å². The minimum absolute atomic E-state index is 0.198. The van der Waals surface area contributed by atoms with Crippen LogP contribution in [0.4, 0.5) is 10.5 Å². The lowest BCUT2D eigenvalue weighted by molar-refractivity contribution is 0.0635. The van der Waals surface area contributed by atoms with E-state index in [0.717, 1.165) is 11.3 Å². The van der Waals surface area contributed by atoms with Crippen molar-refractivity contribution in [2.75, 3.05) is 12.4 Å². The Morgan fingerprint density at radius 1 is 1.04 bits per heavy atom. The number of carbonyl (C=O) groups excluding carboxylic acids is 2. The molecule has 0 aliphatic carbocycles. The molecule has 0 unspecified atom stereocenters.